The molecule has 41 heavy (non-hydrogen) atoms. The lowest BCUT2D eigenvalue weighted by Crippen LogP contribution is -2.34. The standard InChI is InChI=1S/C23H28N2O5.C7H8O3S/c1-27-16-5-6-17-18-10-15(26)4-7-20(18)25-23(19(17)11-16)30-9-8-14-13-24-22(29-3)12-21(14)28-2;1-6-2-4-7(5-3-6)11(8,9)10/h5-6,11-13,15,18,20,26H,4,7-10H2,1-3H3;2-5H,1H3,(H,8,9,10)/t15-,18-,20-;/m1./s1. The highest BCUT2D eigenvalue weighted by Gasteiger charge is 2.36. The molecule has 2 aromatic carbocycles. The third kappa shape index (κ3) is 7.55. The minimum atomic E-state index is -4.02. The van der Waals surface area contributed by atoms with Crippen molar-refractivity contribution in [2.24, 2.45) is 4.99 Å². The van der Waals surface area contributed by atoms with Crippen LogP contribution < -0.4 is 14.2 Å². The second-order valence-electron chi connectivity index (χ2n) is 9.95. The van der Waals surface area contributed by atoms with Gasteiger partial charge in [0.15, 0.2) is 0 Å². The zero-order chi connectivity index (χ0) is 29.6. The zero-order valence-electron chi connectivity index (χ0n) is 23.6. The Bertz CT molecular complexity index is 1470. The maximum atomic E-state index is 10.5. The van der Waals surface area contributed by atoms with E-state index in [9.17, 15) is 13.5 Å². The quantitative estimate of drug-likeness (QED) is 0.388. The minimum Gasteiger partial charge on any atom is -0.497 e. The average Bonchev–Trinajstić information content (AvgIpc) is 2.97. The Morgan fingerprint density at radius 2 is 1.73 bits per heavy atom. The summed E-state index contributed by atoms with van der Waals surface area (Å²) in [6.45, 7) is 2.29. The second-order valence-corrected chi connectivity index (χ2v) is 11.4. The molecule has 1 aliphatic carbocycles. The number of ether oxygens (including phenoxy) is 4. The molecule has 0 unspecified atom stereocenters. The molecule has 0 bridgehead atoms. The van der Waals surface area contributed by atoms with Crippen LogP contribution >= 0.6 is 0 Å². The first kappa shape index (κ1) is 30.3. The van der Waals surface area contributed by atoms with Crippen LogP contribution in [-0.2, 0) is 21.3 Å². The van der Waals surface area contributed by atoms with Crippen LogP contribution in [0.4, 0.5) is 0 Å². The second kappa shape index (κ2) is 13.3. The smallest absolute Gasteiger partial charge is 0.294 e. The number of benzene rings is 2. The molecule has 0 saturated heterocycles. The summed E-state index contributed by atoms with van der Waals surface area (Å²) in [6, 6.07) is 13.9. The van der Waals surface area contributed by atoms with Crippen molar-refractivity contribution >= 4 is 16.0 Å². The molecule has 1 aromatic heterocycles. The highest BCUT2D eigenvalue weighted by Crippen LogP contribution is 2.41. The Kier molecular flexibility index (Phi) is 9.85. The van der Waals surface area contributed by atoms with Gasteiger partial charge in [0.25, 0.3) is 10.1 Å². The van der Waals surface area contributed by atoms with E-state index in [4.69, 9.17) is 28.5 Å². The fourth-order valence-corrected chi connectivity index (χ4v) is 5.51. The maximum Gasteiger partial charge on any atom is 0.294 e. The number of methoxy groups -OCH3 is 3. The molecule has 0 spiro atoms. The van der Waals surface area contributed by atoms with Crippen LogP contribution in [0.15, 0.2) is 64.6 Å². The van der Waals surface area contributed by atoms with Gasteiger partial charge in [-0.2, -0.15) is 8.42 Å². The van der Waals surface area contributed by atoms with Crippen LogP contribution in [0.5, 0.6) is 17.4 Å². The van der Waals surface area contributed by atoms with Gasteiger partial charge in [-0.05, 0) is 56.0 Å². The molecular weight excluding hydrogens is 548 g/mol. The summed E-state index contributed by atoms with van der Waals surface area (Å²) in [5, 5.41) is 10.2. The van der Waals surface area contributed by atoms with Crippen LogP contribution in [0.2, 0.25) is 0 Å². The predicted molar refractivity (Wildman–Crippen MR) is 154 cm³/mol. The number of pyridine rings is 1. The van der Waals surface area contributed by atoms with E-state index < -0.39 is 10.1 Å². The lowest BCUT2D eigenvalue weighted by molar-refractivity contribution is 0.109. The maximum absolute atomic E-state index is 10.5. The van der Waals surface area contributed by atoms with Gasteiger partial charge in [0.2, 0.25) is 11.8 Å². The third-order valence-corrected chi connectivity index (χ3v) is 8.10. The number of hydrogen-bond acceptors (Lipinski definition) is 9. The summed E-state index contributed by atoms with van der Waals surface area (Å²) in [6.07, 6.45) is 4.48. The summed E-state index contributed by atoms with van der Waals surface area (Å²) in [5.74, 6) is 2.86. The number of nitrogens with zero attached hydrogens (tertiary/aromatic N) is 2. The lowest BCUT2D eigenvalue weighted by Gasteiger charge is -2.36. The van der Waals surface area contributed by atoms with Crippen LogP contribution in [0.25, 0.3) is 0 Å². The van der Waals surface area contributed by atoms with E-state index in [0.717, 1.165) is 47.5 Å². The van der Waals surface area contributed by atoms with Crippen molar-refractivity contribution in [3.63, 3.8) is 0 Å². The fraction of sp³-hybridized carbons (Fsp3) is 0.400. The van der Waals surface area contributed by atoms with Gasteiger partial charge in [-0.1, -0.05) is 23.8 Å². The Morgan fingerprint density at radius 1 is 0.976 bits per heavy atom. The van der Waals surface area contributed by atoms with E-state index >= 15 is 0 Å². The molecule has 1 aliphatic heterocycles. The Morgan fingerprint density at radius 3 is 2.39 bits per heavy atom. The first-order valence-electron chi connectivity index (χ1n) is 13.3. The van der Waals surface area contributed by atoms with Gasteiger partial charge >= 0.3 is 0 Å². The van der Waals surface area contributed by atoms with Gasteiger partial charge in [0, 0.05) is 35.7 Å². The van der Waals surface area contributed by atoms with Crippen molar-refractivity contribution in [2.45, 2.75) is 55.6 Å². The van der Waals surface area contributed by atoms with E-state index in [1.54, 1.807) is 45.7 Å². The summed E-state index contributed by atoms with van der Waals surface area (Å²) >= 11 is 0. The van der Waals surface area contributed by atoms with Crippen molar-refractivity contribution in [3.8, 4) is 17.4 Å². The normalized spacial score (nSPS) is 19.5. The monoisotopic (exact) mass is 584 g/mol. The van der Waals surface area contributed by atoms with Crippen LogP contribution in [0.3, 0.4) is 0 Å². The van der Waals surface area contributed by atoms with E-state index in [0.29, 0.717) is 24.8 Å². The van der Waals surface area contributed by atoms with Crippen molar-refractivity contribution in [3.05, 3.63) is 77.0 Å². The summed E-state index contributed by atoms with van der Waals surface area (Å²) in [5.41, 5.74) is 4.02. The number of hydrogen-bond donors (Lipinski definition) is 2. The molecule has 0 radical (unpaired) electrons. The molecule has 2 aliphatic rings. The molecule has 5 rings (SSSR count). The van der Waals surface area contributed by atoms with Crippen molar-refractivity contribution < 1.29 is 37.0 Å². The average molecular weight is 585 g/mol. The van der Waals surface area contributed by atoms with E-state index in [1.165, 1.54) is 17.7 Å². The number of aliphatic imine (C=N–C) groups is 1. The lowest BCUT2D eigenvalue weighted by atomic mass is 9.75. The topological polar surface area (TPSA) is 137 Å². The molecule has 10 nitrogen and oxygen atoms in total. The number of aryl methyl sites for hydroxylation is 1. The number of aromatic nitrogens is 1. The van der Waals surface area contributed by atoms with Crippen molar-refractivity contribution in [1.82, 2.24) is 4.98 Å². The van der Waals surface area contributed by atoms with Crippen LogP contribution in [0, 0.1) is 6.92 Å². The number of aliphatic hydroxyl groups is 1. The molecule has 2 heterocycles. The van der Waals surface area contributed by atoms with E-state index in [-0.39, 0.29) is 23.0 Å². The molecule has 220 valence electrons. The van der Waals surface area contributed by atoms with Gasteiger partial charge in [-0.3, -0.25) is 4.55 Å². The number of fused-ring (bicyclic) bond motifs is 3. The minimum absolute atomic E-state index is 0.0666. The van der Waals surface area contributed by atoms with Crippen molar-refractivity contribution in [1.29, 1.82) is 0 Å². The summed E-state index contributed by atoms with van der Waals surface area (Å²) in [4.78, 5) is 9.11. The number of aliphatic hydroxyl groups excluding tert-OH is 1. The Hall–Kier alpha value is -3.67. The van der Waals surface area contributed by atoms with E-state index in [2.05, 4.69) is 11.1 Å². The van der Waals surface area contributed by atoms with E-state index in [1.807, 2.05) is 19.1 Å². The SMILES string of the molecule is COc1ccc2c(c1)C(OCCc1cnc(OC)cc1OC)=N[C@@H]1CC[C@@H](O)C[C@H]21.Cc1ccc(S(=O)(=O)O)cc1. The Labute approximate surface area is 240 Å². The van der Waals surface area contributed by atoms with Crippen LogP contribution in [-0.4, -0.2) is 69.0 Å². The molecule has 11 heteroatoms. The predicted octanol–water partition coefficient (Wildman–Crippen LogP) is 4.37. The van der Waals surface area contributed by atoms with Gasteiger partial charge < -0.3 is 24.1 Å². The largest absolute Gasteiger partial charge is 0.497 e. The van der Waals surface area contributed by atoms with Crippen molar-refractivity contribution in [2.75, 3.05) is 27.9 Å². The first-order valence-corrected chi connectivity index (χ1v) is 14.7. The zero-order valence-corrected chi connectivity index (χ0v) is 24.4. The first-order chi connectivity index (χ1) is 19.6. The molecule has 3 atom stereocenters. The molecule has 1 fully saturated rings. The fourth-order valence-electron chi connectivity index (χ4n) is 5.03. The highest BCUT2D eigenvalue weighted by molar-refractivity contribution is 7.85. The molecule has 1 saturated carbocycles. The van der Waals surface area contributed by atoms with Gasteiger partial charge in [0.05, 0.1) is 45.0 Å². The van der Waals surface area contributed by atoms with Gasteiger partial charge in [-0.25, -0.2) is 9.98 Å². The summed E-state index contributed by atoms with van der Waals surface area (Å²) < 4.78 is 51.7. The Balaban J connectivity index is 0.000000296. The molecule has 2 N–H and O–H groups in total. The highest BCUT2D eigenvalue weighted by atomic mass is 32.2. The van der Waals surface area contributed by atoms with Crippen LogP contribution in [0.1, 0.15) is 47.4 Å². The molecular formula is C30H36N2O8S. The van der Waals surface area contributed by atoms with Gasteiger partial charge in [-0.15, -0.1) is 0 Å². The number of rotatable bonds is 7. The molecule has 0 amide bonds. The summed E-state index contributed by atoms with van der Waals surface area (Å²) in [7, 11) is 0.839. The van der Waals surface area contributed by atoms with Gasteiger partial charge in [0.1, 0.15) is 11.5 Å². The third-order valence-electron chi connectivity index (χ3n) is 7.24. The molecule has 3 aromatic rings.